The molecular formula is C47H74N2O7. The molecule has 7 aliphatic carbocycles. The second kappa shape index (κ2) is 14.8. The number of aliphatic hydroxyl groups excluding tert-OH is 3. The maximum Gasteiger partial charge on any atom is 0.159 e. The van der Waals surface area contributed by atoms with E-state index in [2.05, 4.69) is 31.3 Å². The highest BCUT2D eigenvalue weighted by atomic mass is 16.5. The van der Waals surface area contributed by atoms with Gasteiger partial charge in [0, 0.05) is 11.3 Å². The lowest BCUT2D eigenvalue weighted by Gasteiger charge is -2.65. The van der Waals surface area contributed by atoms with Crippen molar-refractivity contribution in [1.29, 1.82) is 0 Å². The van der Waals surface area contributed by atoms with Crippen LogP contribution in [0.1, 0.15) is 136 Å². The third-order valence-corrected chi connectivity index (χ3v) is 19.0. The summed E-state index contributed by atoms with van der Waals surface area (Å²) in [6.07, 6.45) is 19.1. The first-order chi connectivity index (χ1) is 26.7. The SMILES string of the molecule is CCC[C@@H]1CC[C@@H]2[C@H](C)[C@H]([C@@H](O)[C@](C)(O)[C@@H]3CC[C@]4(O)C5=CC(=O)[C@@H]6C[C@@H](O)[C@@H](O)C[C@@]67C[C@H](C6CCC(N)NC6)C=C[C@@H](C[C@]34C3CCCC3)[C@@H]57)O[C@@H]2CC1. The molecular weight excluding hydrogens is 705 g/mol. The van der Waals surface area contributed by atoms with Crippen molar-refractivity contribution in [2.75, 3.05) is 6.54 Å². The summed E-state index contributed by atoms with van der Waals surface area (Å²) in [7, 11) is 0. The van der Waals surface area contributed by atoms with Crippen LogP contribution in [0.5, 0.6) is 0 Å². The number of nitrogens with two attached hydrogens (primary N) is 1. The van der Waals surface area contributed by atoms with Crippen LogP contribution in [0.2, 0.25) is 0 Å². The summed E-state index contributed by atoms with van der Waals surface area (Å²) in [6.45, 7) is 7.14. The zero-order chi connectivity index (χ0) is 39.4. The highest BCUT2D eigenvalue weighted by molar-refractivity contribution is 5.95. The average Bonchev–Trinajstić information content (AvgIpc) is 3.83. The summed E-state index contributed by atoms with van der Waals surface area (Å²) in [5, 5.41) is 65.6. The average molecular weight is 779 g/mol. The topological polar surface area (TPSA) is 166 Å². The van der Waals surface area contributed by atoms with Crippen molar-refractivity contribution < 1.29 is 35.1 Å². The molecule has 19 atom stereocenters. The van der Waals surface area contributed by atoms with E-state index in [0.717, 1.165) is 82.2 Å². The molecule has 2 aliphatic heterocycles. The molecule has 0 radical (unpaired) electrons. The Morgan fingerprint density at radius 2 is 1.73 bits per heavy atom. The monoisotopic (exact) mass is 779 g/mol. The van der Waals surface area contributed by atoms with Crippen LogP contribution < -0.4 is 11.1 Å². The molecule has 0 bridgehead atoms. The highest BCUT2D eigenvalue weighted by Gasteiger charge is 2.75. The van der Waals surface area contributed by atoms with E-state index in [0.29, 0.717) is 37.5 Å². The van der Waals surface area contributed by atoms with Gasteiger partial charge in [-0.05, 0) is 167 Å². The van der Waals surface area contributed by atoms with E-state index < -0.39 is 58.3 Å². The van der Waals surface area contributed by atoms with Crippen LogP contribution in [0.25, 0.3) is 0 Å². The minimum absolute atomic E-state index is 0.0122. The van der Waals surface area contributed by atoms with Crippen molar-refractivity contribution >= 4 is 5.78 Å². The van der Waals surface area contributed by atoms with Gasteiger partial charge in [0.2, 0.25) is 0 Å². The van der Waals surface area contributed by atoms with Crippen molar-refractivity contribution in [3.05, 3.63) is 23.8 Å². The molecule has 0 aromatic heterocycles. The first-order valence-corrected chi connectivity index (χ1v) is 23.3. The molecule has 9 nitrogen and oxygen atoms in total. The normalized spacial score (nSPS) is 52.2. The smallest absolute Gasteiger partial charge is 0.159 e. The number of fused-ring (bicyclic) bond motifs is 3. The third kappa shape index (κ3) is 6.00. The number of carbonyl (C=O) groups excluding carboxylic acids is 1. The summed E-state index contributed by atoms with van der Waals surface area (Å²) in [6, 6.07) is 0. The molecule has 0 aromatic carbocycles. The lowest BCUT2D eigenvalue weighted by atomic mass is 9.40. The van der Waals surface area contributed by atoms with E-state index in [1.165, 1.54) is 19.3 Å². The van der Waals surface area contributed by atoms with Gasteiger partial charge in [0.05, 0.1) is 41.8 Å². The molecule has 314 valence electrons. The second-order valence-electron chi connectivity index (χ2n) is 21.4. The molecule has 0 amide bonds. The molecule has 9 heteroatoms. The van der Waals surface area contributed by atoms with Crippen molar-refractivity contribution in [1.82, 2.24) is 5.32 Å². The predicted molar refractivity (Wildman–Crippen MR) is 215 cm³/mol. The van der Waals surface area contributed by atoms with Crippen LogP contribution in [0.15, 0.2) is 23.8 Å². The van der Waals surface area contributed by atoms with Crippen LogP contribution >= 0.6 is 0 Å². The molecule has 2 saturated heterocycles. The number of hydrogen-bond acceptors (Lipinski definition) is 9. The van der Waals surface area contributed by atoms with Crippen LogP contribution in [-0.2, 0) is 9.53 Å². The van der Waals surface area contributed by atoms with Gasteiger partial charge >= 0.3 is 0 Å². The zero-order valence-corrected chi connectivity index (χ0v) is 34.5. The predicted octanol–water partition coefficient (Wildman–Crippen LogP) is 5.55. The van der Waals surface area contributed by atoms with Gasteiger partial charge in [0.1, 0.15) is 6.10 Å². The first-order valence-electron chi connectivity index (χ1n) is 23.3. The summed E-state index contributed by atoms with van der Waals surface area (Å²) < 4.78 is 6.85. The highest BCUT2D eigenvalue weighted by Crippen LogP contribution is 2.75. The van der Waals surface area contributed by atoms with Crippen LogP contribution in [-0.4, -0.2) is 85.7 Å². The number of ether oxygens (including phenoxy) is 1. The van der Waals surface area contributed by atoms with E-state index in [-0.39, 0.29) is 54.1 Å². The molecule has 0 aromatic rings. The molecule has 7 fully saturated rings. The molecule has 9 rings (SSSR count). The fraction of sp³-hybridized carbons (Fsp3) is 0.894. The number of piperidine rings is 1. The molecule has 8 N–H and O–H groups in total. The Hall–Kier alpha value is -1.17. The fourth-order valence-corrected chi connectivity index (χ4v) is 16.4. The van der Waals surface area contributed by atoms with Gasteiger partial charge in [0.25, 0.3) is 0 Å². The van der Waals surface area contributed by atoms with Gasteiger partial charge in [-0.3, -0.25) is 4.79 Å². The summed E-state index contributed by atoms with van der Waals surface area (Å²) >= 11 is 0. The first kappa shape index (κ1) is 40.2. The van der Waals surface area contributed by atoms with Crippen molar-refractivity contribution in [3.8, 4) is 0 Å². The van der Waals surface area contributed by atoms with Gasteiger partial charge in [-0.2, -0.15) is 0 Å². The van der Waals surface area contributed by atoms with Crippen LogP contribution in [0.3, 0.4) is 0 Å². The van der Waals surface area contributed by atoms with Crippen LogP contribution in [0.4, 0.5) is 0 Å². The minimum atomic E-state index is -1.53. The summed E-state index contributed by atoms with van der Waals surface area (Å²) in [5.41, 5.74) is 2.90. The fourth-order valence-electron chi connectivity index (χ4n) is 16.4. The molecule has 56 heavy (non-hydrogen) atoms. The Labute approximate surface area is 335 Å². The number of aliphatic hydroxyl groups is 5. The summed E-state index contributed by atoms with van der Waals surface area (Å²) in [5.74, 6) is 0.880. The van der Waals surface area contributed by atoms with Crippen LogP contribution in [0, 0.1) is 70.0 Å². The Kier molecular flexibility index (Phi) is 10.6. The van der Waals surface area contributed by atoms with E-state index in [4.69, 9.17) is 10.5 Å². The number of hydrogen-bond donors (Lipinski definition) is 7. The Morgan fingerprint density at radius 3 is 2.46 bits per heavy atom. The van der Waals surface area contributed by atoms with Gasteiger partial charge in [0.15, 0.2) is 5.78 Å². The number of nitrogens with one attached hydrogen (secondary N) is 1. The van der Waals surface area contributed by atoms with Gasteiger partial charge < -0.3 is 41.3 Å². The quantitative estimate of drug-likeness (QED) is 0.164. The second-order valence-corrected chi connectivity index (χ2v) is 21.4. The van der Waals surface area contributed by atoms with Crippen molar-refractivity contribution in [2.24, 2.45) is 75.7 Å². The van der Waals surface area contributed by atoms with E-state index in [1.54, 1.807) is 6.08 Å². The molecule has 1 spiro atoms. The standard InChI is InChI=1S/C47H74N2O7/c1-4-7-27-10-15-32-26(2)42(56-38(32)16-11-27)43(53)44(3,54)39-18-19-47(55)34-21-35(50)33-20-36(51)37(52)24-45(33)22-28(30-14-17-40(48)49-25-30)12-13-29(41(34)45)23-46(39,47)31-8-5-6-9-31/h12-13,21,26-33,36-43,49,51-55H,4-11,14-20,22-25,48H2,1-3H3/t26-,27+,28+,29-,30?,32+,33-,36+,37-,38+,39-,40?,41-,42+,43+,44+,45-,46-,47-/m0/s1. The number of ketones is 1. The van der Waals surface area contributed by atoms with Crippen molar-refractivity contribution in [2.45, 2.75) is 184 Å². The maximum atomic E-state index is 14.7. The summed E-state index contributed by atoms with van der Waals surface area (Å²) in [4.78, 5) is 14.7. The molecule has 5 saturated carbocycles. The van der Waals surface area contributed by atoms with E-state index in [1.807, 2.05) is 6.92 Å². The zero-order valence-electron chi connectivity index (χ0n) is 34.5. The minimum Gasteiger partial charge on any atom is -0.390 e. The Bertz CT molecular complexity index is 1540. The van der Waals surface area contributed by atoms with Gasteiger partial charge in [-0.25, -0.2) is 0 Å². The van der Waals surface area contributed by atoms with Crippen molar-refractivity contribution in [3.63, 3.8) is 0 Å². The number of carbonyl (C=O) groups is 1. The van der Waals surface area contributed by atoms with Gasteiger partial charge in [-0.15, -0.1) is 0 Å². The Morgan fingerprint density at radius 1 is 0.982 bits per heavy atom. The number of allylic oxidation sites excluding steroid dienone is 3. The lowest BCUT2D eigenvalue weighted by Crippen LogP contribution is -2.68. The van der Waals surface area contributed by atoms with Gasteiger partial charge in [-0.1, -0.05) is 58.1 Å². The maximum absolute atomic E-state index is 14.7. The van der Waals surface area contributed by atoms with E-state index >= 15 is 0 Å². The third-order valence-electron chi connectivity index (χ3n) is 19.0. The largest absolute Gasteiger partial charge is 0.390 e. The van der Waals surface area contributed by atoms with E-state index in [9.17, 15) is 30.3 Å². The molecule has 2 unspecified atom stereocenters. The molecule has 9 aliphatic rings. The molecule has 2 heterocycles. The lowest BCUT2D eigenvalue weighted by molar-refractivity contribution is -0.221. The Balaban J connectivity index is 1.11. The number of rotatable bonds is 7.